The van der Waals surface area contributed by atoms with E-state index in [1.54, 1.807) is 24.1 Å². The quantitative estimate of drug-likeness (QED) is 0.547. The van der Waals surface area contributed by atoms with Gasteiger partial charge in [0.1, 0.15) is 12.4 Å². The normalized spacial score (nSPS) is 12.0. The molecular formula is C19H22N2O5. The van der Waals surface area contributed by atoms with Crippen LogP contribution in [0.4, 0.5) is 5.69 Å². The highest BCUT2D eigenvalue weighted by atomic mass is 16.6. The molecule has 0 bridgehead atoms. The Morgan fingerprint density at radius 2 is 1.92 bits per heavy atom. The van der Waals surface area contributed by atoms with E-state index in [0.717, 1.165) is 17.5 Å². The second-order valence-corrected chi connectivity index (χ2v) is 6.22. The fourth-order valence-electron chi connectivity index (χ4n) is 2.51. The zero-order valence-corrected chi connectivity index (χ0v) is 14.8. The topological polar surface area (TPSA) is 92.9 Å². The molecule has 138 valence electrons. The van der Waals surface area contributed by atoms with Gasteiger partial charge < -0.3 is 9.84 Å². The molecule has 7 heteroatoms. The Morgan fingerprint density at radius 1 is 1.23 bits per heavy atom. The van der Waals surface area contributed by atoms with Gasteiger partial charge in [-0.2, -0.15) is 0 Å². The van der Waals surface area contributed by atoms with E-state index in [0.29, 0.717) is 5.75 Å². The SMILES string of the molecule is C[C@H](Cc1ccc(OCc2cccc([N+](=O)[O-])c2)cc1)N(C)CC(=O)O. The molecule has 2 aromatic carbocycles. The minimum atomic E-state index is -0.843. The lowest BCUT2D eigenvalue weighted by Crippen LogP contribution is -2.35. The minimum absolute atomic E-state index is 0.00553. The first-order valence-corrected chi connectivity index (χ1v) is 8.22. The lowest BCUT2D eigenvalue weighted by atomic mass is 10.1. The molecule has 0 radical (unpaired) electrons. The monoisotopic (exact) mass is 358 g/mol. The third-order valence-electron chi connectivity index (χ3n) is 4.12. The smallest absolute Gasteiger partial charge is 0.317 e. The van der Waals surface area contributed by atoms with Gasteiger partial charge in [-0.15, -0.1) is 0 Å². The van der Waals surface area contributed by atoms with Crippen molar-refractivity contribution in [2.75, 3.05) is 13.6 Å². The molecule has 1 atom stereocenters. The Morgan fingerprint density at radius 3 is 2.54 bits per heavy atom. The number of carboxylic acids is 1. The number of hydrogen-bond donors (Lipinski definition) is 1. The van der Waals surface area contributed by atoms with Crippen LogP contribution in [-0.4, -0.2) is 40.5 Å². The predicted octanol–water partition coefficient (Wildman–Crippen LogP) is 3.12. The van der Waals surface area contributed by atoms with E-state index < -0.39 is 10.9 Å². The van der Waals surface area contributed by atoms with Gasteiger partial charge in [-0.25, -0.2) is 0 Å². The first kappa shape index (κ1) is 19.4. The number of nitrogens with zero attached hydrogens (tertiary/aromatic N) is 2. The molecule has 0 spiro atoms. The molecule has 7 nitrogen and oxygen atoms in total. The summed E-state index contributed by atoms with van der Waals surface area (Å²) in [6, 6.07) is 14.0. The summed E-state index contributed by atoms with van der Waals surface area (Å²) in [7, 11) is 1.79. The molecule has 0 heterocycles. The number of aliphatic carboxylic acids is 1. The van der Waals surface area contributed by atoms with Crippen molar-refractivity contribution in [3.8, 4) is 5.75 Å². The summed E-state index contributed by atoms with van der Waals surface area (Å²) in [6.07, 6.45) is 0.731. The summed E-state index contributed by atoms with van der Waals surface area (Å²) >= 11 is 0. The molecule has 2 rings (SSSR count). The molecule has 0 saturated carbocycles. The summed E-state index contributed by atoms with van der Waals surface area (Å²) in [5.41, 5.74) is 1.85. The van der Waals surface area contributed by atoms with Crippen LogP contribution < -0.4 is 4.74 Å². The van der Waals surface area contributed by atoms with E-state index in [1.165, 1.54) is 12.1 Å². The number of benzene rings is 2. The fraction of sp³-hybridized carbons (Fsp3) is 0.316. The summed E-state index contributed by atoms with van der Waals surface area (Å²) < 4.78 is 5.68. The van der Waals surface area contributed by atoms with Gasteiger partial charge in [-0.05, 0) is 43.7 Å². The number of likely N-dealkylation sites (N-methyl/N-ethyl adjacent to an activating group) is 1. The number of nitro benzene ring substituents is 1. The van der Waals surface area contributed by atoms with Crippen molar-refractivity contribution >= 4 is 11.7 Å². The number of carbonyl (C=O) groups is 1. The number of rotatable bonds is 9. The Labute approximate surface area is 152 Å². The van der Waals surface area contributed by atoms with E-state index >= 15 is 0 Å². The van der Waals surface area contributed by atoms with Crippen molar-refractivity contribution < 1.29 is 19.6 Å². The van der Waals surface area contributed by atoms with Crippen LogP contribution in [0.2, 0.25) is 0 Å². The number of ether oxygens (including phenoxy) is 1. The third-order valence-corrected chi connectivity index (χ3v) is 4.12. The van der Waals surface area contributed by atoms with E-state index in [1.807, 2.05) is 31.2 Å². The fourth-order valence-corrected chi connectivity index (χ4v) is 2.51. The molecule has 2 aromatic rings. The van der Waals surface area contributed by atoms with Gasteiger partial charge in [0.05, 0.1) is 11.5 Å². The van der Waals surface area contributed by atoms with E-state index in [-0.39, 0.29) is 24.9 Å². The molecule has 0 unspecified atom stereocenters. The zero-order valence-electron chi connectivity index (χ0n) is 14.8. The molecule has 0 saturated heterocycles. The summed E-state index contributed by atoms with van der Waals surface area (Å²) in [4.78, 5) is 22.9. The molecule has 0 amide bonds. The van der Waals surface area contributed by atoms with Crippen LogP contribution in [0.25, 0.3) is 0 Å². The highest BCUT2D eigenvalue weighted by Crippen LogP contribution is 2.18. The average Bonchev–Trinajstić information content (AvgIpc) is 2.60. The predicted molar refractivity (Wildman–Crippen MR) is 97.3 cm³/mol. The van der Waals surface area contributed by atoms with Crippen molar-refractivity contribution in [2.45, 2.75) is 26.0 Å². The molecule has 0 aromatic heterocycles. The van der Waals surface area contributed by atoms with Gasteiger partial charge in [-0.1, -0.05) is 24.3 Å². The van der Waals surface area contributed by atoms with E-state index in [2.05, 4.69) is 0 Å². The Hall–Kier alpha value is -2.93. The van der Waals surface area contributed by atoms with Crippen LogP contribution >= 0.6 is 0 Å². The lowest BCUT2D eigenvalue weighted by Gasteiger charge is -2.22. The average molecular weight is 358 g/mol. The lowest BCUT2D eigenvalue weighted by molar-refractivity contribution is -0.384. The number of nitro groups is 1. The molecule has 0 aliphatic carbocycles. The second kappa shape index (κ2) is 8.96. The van der Waals surface area contributed by atoms with Crippen LogP contribution in [0.3, 0.4) is 0 Å². The number of hydrogen-bond acceptors (Lipinski definition) is 5. The molecule has 0 aliphatic heterocycles. The molecule has 26 heavy (non-hydrogen) atoms. The Bertz CT molecular complexity index is 761. The largest absolute Gasteiger partial charge is 0.489 e. The van der Waals surface area contributed by atoms with Crippen LogP contribution in [0.1, 0.15) is 18.1 Å². The summed E-state index contributed by atoms with van der Waals surface area (Å²) in [5, 5.41) is 19.6. The van der Waals surface area contributed by atoms with Crippen LogP contribution in [0, 0.1) is 10.1 Å². The number of carboxylic acid groups (broad SMARTS) is 1. The minimum Gasteiger partial charge on any atom is -0.489 e. The van der Waals surface area contributed by atoms with Crippen molar-refractivity contribution in [2.24, 2.45) is 0 Å². The van der Waals surface area contributed by atoms with Crippen molar-refractivity contribution in [1.82, 2.24) is 4.90 Å². The van der Waals surface area contributed by atoms with Gasteiger partial charge in [0.15, 0.2) is 0 Å². The van der Waals surface area contributed by atoms with E-state index in [9.17, 15) is 14.9 Å². The maximum Gasteiger partial charge on any atom is 0.317 e. The van der Waals surface area contributed by atoms with E-state index in [4.69, 9.17) is 9.84 Å². The highest BCUT2D eigenvalue weighted by molar-refractivity contribution is 5.69. The van der Waals surface area contributed by atoms with Gasteiger partial charge in [0.25, 0.3) is 5.69 Å². The maximum absolute atomic E-state index is 10.8. The Balaban J connectivity index is 1.90. The van der Waals surface area contributed by atoms with Crippen LogP contribution in [0.15, 0.2) is 48.5 Å². The van der Waals surface area contributed by atoms with Crippen molar-refractivity contribution in [3.63, 3.8) is 0 Å². The van der Waals surface area contributed by atoms with Gasteiger partial charge in [0.2, 0.25) is 0 Å². The first-order valence-electron chi connectivity index (χ1n) is 8.22. The maximum atomic E-state index is 10.8. The van der Waals surface area contributed by atoms with Crippen LogP contribution in [0.5, 0.6) is 5.75 Å². The second-order valence-electron chi connectivity index (χ2n) is 6.22. The zero-order chi connectivity index (χ0) is 19.1. The number of non-ortho nitro benzene ring substituents is 1. The van der Waals surface area contributed by atoms with Gasteiger partial charge in [0, 0.05) is 18.2 Å². The molecule has 1 N–H and O–H groups in total. The Kier molecular flexibility index (Phi) is 6.68. The summed E-state index contributed by atoms with van der Waals surface area (Å²) in [5.74, 6) is -0.170. The molecular weight excluding hydrogens is 336 g/mol. The molecule has 0 fully saturated rings. The molecule has 0 aliphatic rings. The third kappa shape index (κ3) is 5.86. The first-order chi connectivity index (χ1) is 12.3. The van der Waals surface area contributed by atoms with Gasteiger partial charge >= 0.3 is 5.97 Å². The van der Waals surface area contributed by atoms with Crippen LogP contribution in [-0.2, 0) is 17.8 Å². The van der Waals surface area contributed by atoms with Crippen molar-refractivity contribution in [3.05, 3.63) is 69.8 Å². The standard InChI is InChI=1S/C19H22N2O5/c1-14(20(2)12-19(22)23)10-15-6-8-18(9-7-15)26-13-16-4-3-5-17(11-16)21(24)25/h3-9,11,14H,10,12-13H2,1-2H3,(H,22,23)/t14-/m1/s1. The summed E-state index contributed by atoms with van der Waals surface area (Å²) in [6.45, 7) is 2.24. The van der Waals surface area contributed by atoms with Crippen molar-refractivity contribution in [1.29, 1.82) is 0 Å². The highest BCUT2D eigenvalue weighted by Gasteiger charge is 2.13. The van der Waals surface area contributed by atoms with Gasteiger partial charge in [-0.3, -0.25) is 19.8 Å².